The van der Waals surface area contributed by atoms with Gasteiger partial charge in [-0.05, 0) is 73.2 Å². The number of hydrogen-bond acceptors (Lipinski definition) is 11. The molecule has 290 valence electrons. The summed E-state index contributed by atoms with van der Waals surface area (Å²) in [4.78, 5) is 59.5. The standard InChI is InChI=1S/C44H37N7O7/c1-50-36-17-18-45-25-35(36)32-11-7-26(20-38(32)50)27-8-15-40(46-24-27)57-30-21-31(22-30)58-41-16-9-28(48-49-41)6-4-2-3-5-19-56-29-10-12-33-34(23-29)44(55)51(43(33)54)37-13-14-39(52)47-42(37)53/h7-12,15-18,20,23-25,30-31,37H,2-3,5,13-14,19,21-22H2,1H3,(H,47,52,53). The number of aryl methyl sites for hydroxylation is 1. The maximum atomic E-state index is 13.0. The number of nitrogens with one attached hydrogen (secondary N) is 1. The van der Waals surface area contributed by atoms with E-state index in [2.05, 4.69) is 67.1 Å². The number of rotatable bonds is 11. The van der Waals surface area contributed by atoms with Gasteiger partial charge in [-0.3, -0.25) is 34.4 Å². The summed E-state index contributed by atoms with van der Waals surface area (Å²) in [5.41, 5.74) is 5.33. The number of carbonyl (C=O) groups excluding carboxylic acids is 4. The number of benzene rings is 2. The van der Waals surface area contributed by atoms with Crippen LogP contribution in [-0.2, 0) is 16.6 Å². The van der Waals surface area contributed by atoms with Crippen molar-refractivity contribution in [2.45, 2.75) is 63.2 Å². The molecule has 9 rings (SSSR count). The number of carbonyl (C=O) groups is 4. The molecule has 0 radical (unpaired) electrons. The molecule has 1 unspecified atom stereocenters. The Morgan fingerprint density at radius 2 is 1.60 bits per heavy atom. The van der Waals surface area contributed by atoms with E-state index in [0.717, 1.165) is 51.7 Å². The SMILES string of the molecule is Cn1c2ccncc2c2ccc(-c3ccc(OC4CC(Oc5ccc(C#CCCCCOc6ccc7c(c6)C(=O)N(C6CCC(=O)NC6=O)C7=O)nn5)C4)nc3)cc21. The maximum Gasteiger partial charge on any atom is 0.262 e. The van der Waals surface area contributed by atoms with Crippen molar-refractivity contribution in [3.63, 3.8) is 0 Å². The van der Waals surface area contributed by atoms with Crippen molar-refractivity contribution in [1.29, 1.82) is 0 Å². The van der Waals surface area contributed by atoms with Gasteiger partial charge in [-0.1, -0.05) is 18.1 Å². The van der Waals surface area contributed by atoms with E-state index in [1.807, 2.05) is 36.8 Å². The van der Waals surface area contributed by atoms with Crippen LogP contribution in [0.4, 0.5) is 0 Å². The van der Waals surface area contributed by atoms with Crippen LogP contribution in [-0.4, -0.2) is 78.1 Å². The number of aromatic nitrogens is 5. The highest BCUT2D eigenvalue weighted by atomic mass is 16.5. The summed E-state index contributed by atoms with van der Waals surface area (Å²) in [5, 5.41) is 12.9. The number of imide groups is 2. The second-order valence-electron chi connectivity index (χ2n) is 14.5. The molecular formula is C44H37N7O7. The van der Waals surface area contributed by atoms with Crippen LogP contribution >= 0.6 is 0 Å². The van der Waals surface area contributed by atoms with E-state index in [1.165, 1.54) is 17.5 Å². The molecule has 0 spiro atoms. The van der Waals surface area contributed by atoms with Gasteiger partial charge in [-0.2, -0.15) is 0 Å². The second-order valence-corrected chi connectivity index (χ2v) is 14.5. The van der Waals surface area contributed by atoms with Crippen LogP contribution in [0, 0.1) is 11.8 Å². The third kappa shape index (κ3) is 7.18. The van der Waals surface area contributed by atoms with E-state index < -0.39 is 29.7 Å². The van der Waals surface area contributed by atoms with Crippen LogP contribution in [0.1, 0.15) is 71.4 Å². The van der Waals surface area contributed by atoms with Crippen molar-refractivity contribution in [3.8, 4) is 40.5 Å². The molecule has 14 heteroatoms. The highest BCUT2D eigenvalue weighted by Crippen LogP contribution is 2.33. The van der Waals surface area contributed by atoms with E-state index in [0.29, 0.717) is 42.7 Å². The Kier molecular flexibility index (Phi) is 9.70. The number of pyridine rings is 2. The summed E-state index contributed by atoms with van der Waals surface area (Å²) in [7, 11) is 2.07. The molecule has 2 fully saturated rings. The quantitative estimate of drug-likeness (QED) is 0.0993. The summed E-state index contributed by atoms with van der Waals surface area (Å²) in [5.74, 6) is 5.43. The van der Waals surface area contributed by atoms with Crippen molar-refractivity contribution < 1.29 is 33.4 Å². The molecule has 6 aromatic rings. The summed E-state index contributed by atoms with van der Waals surface area (Å²) in [6, 6.07) is 19.6. The zero-order valence-electron chi connectivity index (χ0n) is 31.5. The lowest BCUT2D eigenvalue weighted by molar-refractivity contribution is -0.136. The Labute approximate surface area is 332 Å². The van der Waals surface area contributed by atoms with E-state index >= 15 is 0 Å². The lowest BCUT2D eigenvalue weighted by Gasteiger charge is -2.34. The average molecular weight is 776 g/mol. The Morgan fingerprint density at radius 3 is 2.40 bits per heavy atom. The Bertz CT molecular complexity index is 2660. The number of fused-ring (bicyclic) bond motifs is 4. The van der Waals surface area contributed by atoms with Gasteiger partial charge < -0.3 is 18.8 Å². The average Bonchev–Trinajstić information content (AvgIpc) is 3.65. The van der Waals surface area contributed by atoms with E-state index in [-0.39, 0.29) is 36.2 Å². The second kappa shape index (κ2) is 15.4. The number of hydrogen-bond donors (Lipinski definition) is 1. The molecule has 0 bridgehead atoms. The molecule has 3 aliphatic rings. The highest BCUT2D eigenvalue weighted by Gasteiger charge is 2.44. The maximum absolute atomic E-state index is 13.0. The minimum Gasteiger partial charge on any atom is -0.494 e. The molecule has 1 saturated heterocycles. The summed E-state index contributed by atoms with van der Waals surface area (Å²) in [6.07, 6.45) is 9.29. The first-order valence-electron chi connectivity index (χ1n) is 19.2. The number of ether oxygens (including phenoxy) is 3. The van der Waals surface area contributed by atoms with Crippen molar-refractivity contribution in [2.75, 3.05) is 6.61 Å². The van der Waals surface area contributed by atoms with Crippen LogP contribution in [0.25, 0.3) is 32.9 Å². The van der Waals surface area contributed by atoms with Gasteiger partial charge in [0.1, 0.15) is 29.7 Å². The topological polar surface area (TPSA) is 168 Å². The van der Waals surface area contributed by atoms with E-state index in [1.54, 1.807) is 18.2 Å². The van der Waals surface area contributed by atoms with Gasteiger partial charge in [0.05, 0.1) is 23.3 Å². The zero-order chi connectivity index (χ0) is 39.8. The molecule has 1 N–H and O–H groups in total. The van der Waals surface area contributed by atoms with Crippen LogP contribution in [0.15, 0.2) is 85.3 Å². The predicted molar refractivity (Wildman–Crippen MR) is 211 cm³/mol. The largest absolute Gasteiger partial charge is 0.494 e. The molecule has 2 aliphatic heterocycles. The fourth-order valence-electron chi connectivity index (χ4n) is 7.55. The number of amides is 4. The van der Waals surface area contributed by atoms with Crippen molar-refractivity contribution in [2.24, 2.45) is 7.05 Å². The third-order valence-electron chi connectivity index (χ3n) is 10.7. The van der Waals surface area contributed by atoms with Gasteiger partial charge in [-0.15, -0.1) is 10.2 Å². The van der Waals surface area contributed by atoms with Gasteiger partial charge in [-0.25, -0.2) is 4.98 Å². The smallest absolute Gasteiger partial charge is 0.262 e. The minimum absolute atomic E-state index is 0.00806. The minimum atomic E-state index is -1.01. The molecule has 58 heavy (non-hydrogen) atoms. The molecule has 4 aromatic heterocycles. The van der Waals surface area contributed by atoms with Gasteiger partial charge in [0.25, 0.3) is 11.8 Å². The van der Waals surface area contributed by atoms with E-state index in [9.17, 15) is 19.2 Å². The fraction of sp³-hybridized carbons (Fsp3) is 0.273. The molecule has 1 saturated carbocycles. The monoisotopic (exact) mass is 775 g/mol. The predicted octanol–water partition coefficient (Wildman–Crippen LogP) is 5.57. The lowest BCUT2D eigenvalue weighted by Crippen LogP contribution is -2.54. The third-order valence-corrected chi connectivity index (χ3v) is 10.7. The molecular weight excluding hydrogens is 739 g/mol. The fourth-order valence-corrected chi connectivity index (χ4v) is 7.55. The van der Waals surface area contributed by atoms with Gasteiger partial charge in [0.15, 0.2) is 0 Å². The van der Waals surface area contributed by atoms with Crippen molar-refractivity contribution in [1.82, 2.24) is 34.9 Å². The van der Waals surface area contributed by atoms with Crippen molar-refractivity contribution >= 4 is 45.4 Å². The summed E-state index contributed by atoms with van der Waals surface area (Å²) in [6.45, 7) is 0.393. The molecule has 6 heterocycles. The molecule has 1 atom stereocenters. The Hall–Kier alpha value is -7.14. The number of piperidine rings is 1. The molecule has 14 nitrogen and oxygen atoms in total. The molecule has 4 amide bonds. The summed E-state index contributed by atoms with van der Waals surface area (Å²) < 4.78 is 20.1. The normalized spacial score (nSPS) is 18.7. The molecule has 1 aliphatic carbocycles. The highest BCUT2D eigenvalue weighted by molar-refractivity contribution is 6.23. The van der Waals surface area contributed by atoms with Crippen LogP contribution in [0.2, 0.25) is 0 Å². The first kappa shape index (κ1) is 36.5. The lowest BCUT2D eigenvalue weighted by atomic mass is 9.92. The Balaban J connectivity index is 0.683. The number of unbranched alkanes of at least 4 members (excludes halogenated alkanes) is 2. The van der Waals surface area contributed by atoms with Gasteiger partial charge in [0, 0.05) is 85.3 Å². The first-order valence-corrected chi connectivity index (χ1v) is 19.2. The number of nitrogens with zero attached hydrogens (tertiary/aromatic N) is 6. The summed E-state index contributed by atoms with van der Waals surface area (Å²) >= 11 is 0. The Morgan fingerprint density at radius 1 is 0.793 bits per heavy atom. The van der Waals surface area contributed by atoms with Gasteiger partial charge >= 0.3 is 0 Å². The zero-order valence-corrected chi connectivity index (χ0v) is 31.5. The van der Waals surface area contributed by atoms with E-state index in [4.69, 9.17) is 14.2 Å². The van der Waals surface area contributed by atoms with Crippen LogP contribution in [0.5, 0.6) is 17.5 Å². The van der Waals surface area contributed by atoms with Crippen molar-refractivity contribution in [3.05, 3.63) is 102 Å². The first-order chi connectivity index (χ1) is 28.3. The molecule has 2 aromatic carbocycles. The van der Waals surface area contributed by atoms with Crippen LogP contribution in [0.3, 0.4) is 0 Å². The van der Waals surface area contributed by atoms with Crippen LogP contribution < -0.4 is 19.5 Å². The van der Waals surface area contributed by atoms with Gasteiger partial charge in [0.2, 0.25) is 23.6 Å².